The van der Waals surface area contributed by atoms with Gasteiger partial charge in [0.05, 0.1) is 11.4 Å². The van der Waals surface area contributed by atoms with Crippen molar-refractivity contribution in [3.8, 4) is 12.0 Å². The Morgan fingerprint density at radius 2 is 1.86 bits per heavy atom. The number of hydrogen-bond acceptors (Lipinski definition) is 7. The van der Waals surface area contributed by atoms with E-state index in [9.17, 15) is 4.79 Å². The first-order valence-electron chi connectivity index (χ1n) is 9.93. The normalized spacial score (nSPS) is 16.9. The van der Waals surface area contributed by atoms with Crippen LogP contribution in [0.15, 0.2) is 34.7 Å². The average Bonchev–Trinajstić information content (AvgIpc) is 3.22. The largest absolute Gasteiger partial charge is 0.419 e. The van der Waals surface area contributed by atoms with Gasteiger partial charge in [0.2, 0.25) is 5.76 Å². The van der Waals surface area contributed by atoms with Crippen LogP contribution < -0.4 is 19.9 Å². The van der Waals surface area contributed by atoms with Crippen LogP contribution in [0.3, 0.4) is 0 Å². The van der Waals surface area contributed by atoms with Crippen molar-refractivity contribution in [2.75, 3.05) is 52.8 Å². The second-order valence-electron chi connectivity index (χ2n) is 7.09. The fraction of sp³-hybridized carbons (Fsp3) is 0.429. The Kier molecular flexibility index (Phi) is 6.15. The van der Waals surface area contributed by atoms with Crippen LogP contribution in [0.4, 0.5) is 21.9 Å². The third-order valence-electron chi connectivity index (χ3n) is 5.18. The van der Waals surface area contributed by atoms with E-state index in [1.165, 1.54) is 24.2 Å². The molecule has 152 valence electrons. The number of nitriles is 1. The van der Waals surface area contributed by atoms with Gasteiger partial charge < -0.3 is 19.0 Å². The molecule has 2 saturated heterocycles. The number of benzene rings is 1. The number of furan rings is 1. The molecule has 0 bridgehead atoms. The van der Waals surface area contributed by atoms with Crippen molar-refractivity contribution in [1.82, 2.24) is 0 Å². The number of piperidine rings is 1. The first-order chi connectivity index (χ1) is 14.2. The van der Waals surface area contributed by atoms with Crippen molar-refractivity contribution < 1.29 is 13.9 Å². The molecule has 2 aliphatic heterocycles. The number of carbonyl (C=O) groups excluding carboxylic acids is 1. The van der Waals surface area contributed by atoms with Crippen LogP contribution in [-0.2, 0) is 0 Å². The molecular formula is C21H24N4O3S. The predicted octanol–water partition coefficient (Wildman–Crippen LogP) is 4.31. The van der Waals surface area contributed by atoms with Gasteiger partial charge in [-0.05, 0) is 43.5 Å². The summed E-state index contributed by atoms with van der Waals surface area (Å²) in [5.41, 5.74) is 2.93. The Balaban J connectivity index is 1.53. The van der Waals surface area contributed by atoms with Crippen molar-refractivity contribution in [1.29, 1.82) is 5.26 Å². The van der Waals surface area contributed by atoms with E-state index in [0.29, 0.717) is 0 Å². The highest BCUT2D eigenvalue weighted by atomic mass is 32.2. The molecule has 1 amide bonds. The fourth-order valence-electron chi connectivity index (χ4n) is 3.70. The monoisotopic (exact) mass is 412 g/mol. The molecule has 2 aliphatic rings. The van der Waals surface area contributed by atoms with Gasteiger partial charge in [-0.15, -0.1) is 0 Å². The standard InChI is InChI=1S/C21H24N4O3S/c22-15-17-5-7-20(27-17)28-21(26)23-18-6-4-16(24-10-12-29-13-11-24)14-19(18)25-8-2-1-3-9-25/h4-7,14H,1-3,8-13H2,(H,23,26). The second kappa shape index (κ2) is 9.14. The summed E-state index contributed by atoms with van der Waals surface area (Å²) < 4.78 is 10.3. The van der Waals surface area contributed by atoms with Gasteiger partial charge in [0.25, 0.3) is 5.95 Å². The molecule has 0 aliphatic carbocycles. The number of amides is 1. The molecule has 0 unspecified atom stereocenters. The maximum atomic E-state index is 12.4. The van der Waals surface area contributed by atoms with Crippen LogP contribution in [0.25, 0.3) is 0 Å². The van der Waals surface area contributed by atoms with Gasteiger partial charge in [0, 0.05) is 49.4 Å². The quantitative estimate of drug-likeness (QED) is 0.801. The van der Waals surface area contributed by atoms with Gasteiger partial charge in [-0.3, -0.25) is 5.32 Å². The minimum Gasteiger partial charge on any atom is -0.414 e. The Hall–Kier alpha value is -2.79. The lowest BCUT2D eigenvalue weighted by Crippen LogP contribution is -2.34. The Bertz CT molecular complexity index is 896. The summed E-state index contributed by atoms with van der Waals surface area (Å²) in [5.74, 6) is 2.38. The summed E-state index contributed by atoms with van der Waals surface area (Å²) in [6.45, 7) is 4.04. The van der Waals surface area contributed by atoms with Gasteiger partial charge in [0.15, 0.2) is 0 Å². The Labute approximate surface area is 174 Å². The summed E-state index contributed by atoms with van der Waals surface area (Å²) in [7, 11) is 0. The highest BCUT2D eigenvalue weighted by Gasteiger charge is 2.20. The van der Waals surface area contributed by atoms with Crippen LogP contribution in [0.5, 0.6) is 5.95 Å². The third-order valence-corrected chi connectivity index (χ3v) is 6.12. The summed E-state index contributed by atoms with van der Waals surface area (Å²) in [6, 6.07) is 11.0. The maximum Gasteiger partial charge on any atom is 0.419 e. The molecule has 29 heavy (non-hydrogen) atoms. The second-order valence-corrected chi connectivity index (χ2v) is 8.32. The predicted molar refractivity (Wildman–Crippen MR) is 115 cm³/mol. The number of thioether (sulfide) groups is 1. The van der Waals surface area contributed by atoms with Crippen molar-refractivity contribution in [2.24, 2.45) is 0 Å². The Morgan fingerprint density at radius 3 is 2.59 bits per heavy atom. The van der Waals surface area contributed by atoms with Crippen molar-refractivity contribution in [2.45, 2.75) is 19.3 Å². The van der Waals surface area contributed by atoms with Crippen LogP contribution in [0, 0.1) is 11.3 Å². The number of rotatable bonds is 4. The Morgan fingerprint density at radius 1 is 1.07 bits per heavy atom. The van der Waals surface area contributed by atoms with Gasteiger partial charge in [-0.2, -0.15) is 17.0 Å². The van der Waals surface area contributed by atoms with Gasteiger partial charge in [-0.1, -0.05) is 0 Å². The first kappa shape index (κ1) is 19.5. The molecule has 2 fully saturated rings. The van der Waals surface area contributed by atoms with Crippen molar-refractivity contribution in [3.63, 3.8) is 0 Å². The number of nitrogens with zero attached hydrogens (tertiary/aromatic N) is 3. The number of hydrogen-bond donors (Lipinski definition) is 1. The molecule has 8 heteroatoms. The van der Waals surface area contributed by atoms with E-state index >= 15 is 0 Å². The number of nitrogens with one attached hydrogen (secondary N) is 1. The summed E-state index contributed by atoms with van der Waals surface area (Å²) >= 11 is 1.99. The van der Waals surface area contributed by atoms with E-state index in [-0.39, 0.29) is 11.7 Å². The minimum absolute atomic E-state index is 0.000935. The van der Waals surface area contributed by atoms with E-state index in [1.54, 1.807) is 0 Å². The summed E-state index contributed by atoms with van der Waals surface area (Å²) in [4.78, 5) is 17.1. The van der Waals surface area contributed by atoms with Crippen molar-refractivity contribution >= 4 is 34.9 Å². The lowest BCUT2D eigenvalue weighted by Gasteiger charge is -2.33. The smallest absolute Gasteiger partial charge is 0.414 e. The zero-order valence-corrected chi connectivity index (χ0v) is 17.0. The minimum atomic E-state index is -0.635. The van der Waals surface area contributed by atoms with Crippen LogP contribution in [0.2, 0.25) is 0 Å². The zero-order chi connectivity index (χ0) is 20.1. The molecule has 0 spiro atoms. The third kappa shape index (κ3) is 4.80. The number of anilines is 3. The molecule has 1 aromatic carbocycles. The first-order valence-corrected chi connectivity index (χ1v) is 11.1. The molecular weight excluding hydrogens is 388 g/mol. The van der Waals surface area contributed by atoms with E-state index < -0.39 is 6.09 Å². The fourth-order valence-corrected chi connectivity index (χ4v) is 4.61. The molecule has 1 N–H and O–H groups in total. The highest BCUT2D eigenvalue weighted by molar-refractivity contribution is 7.99. The van der Waals surface area contributed by atoms with E-state index in [4.69, 9.17) is 14.4 Å². The van der Waals surface area contributed by atoms with Crippen LogP contribution in [0.1, 0.15) is 25.0 Å². The number of carbonyl (C=O) groups is 1. The molecule has 0 radical (unpaired) electrons. The molecule has 0 atom stereocenters. The molecule has 2 aromatic rings. The average molecular weight is 413 g/mol. The van der Waals surface area contributed by atoms with Crippen LogP contribution >= 0.6 is 11.8 Å². The molecule has 1 aromatic heterocycles. The van der Waals surface area contributed by atoms with E-state index in [0.717, 1.165) is 61.9 Å². The van der Waals surface area contributed by atoms with Crippen molar-refractivity contribution in [3.05, 3.63) is 36.1 Å². The molecule has 0 saturated carbocycles. The lowest BCUT2D eigenvalue weighted by molar-refractivity contribution is 0.202. The molecule has 4 rings (SSSR count). The maximum absolute atomic E-state index is 12.4. The number of ether oxygens (including phenoxy) is 1. The lowest BCUT2D eigenvalue weighted by atomic mass is 10.1. The summed E-state index contributed by atoms with van der Waals surface area (Å²) in [5, 5.41) is 11.7. The van der Waals surface area contributed by atoms with Gasteiger partial charge >= 0.3 is 6.09 Å². The topological polar surface area (TPSA) is 81.7 Å². The molecule has 7 nitrogen and oxygen atoms in total. The highest BCUT2D eigenvalue weighted by Crippen LogP contribution is 2.34. The molecule has 3 heterocycles. The zero-order valence-electron chi connectivity index (χ0n) is 16.2. The van der Waals surface area contributed by atoms with E-state index in [2.05, 4.69) is 27.2 Å². The van der Waals surface area contributed by atoms with E-state index in [1.807, 2.05) is 23.9 Å². The van der Waals surface area contributed by atoms with Gasteiger partial charge in [0.1, 0.15) is 6.07 Å². The van der Waals surface area contributed by atoms with Crippen LogP contribution in [-0.4, -0.2) is 43.8 Å². The van der Waals surface area contributed by atoms with Gasteiger partial charge in [-0.25, -0.2) is 4.79 Å². The summed E-state index contributed by atoms with van der Waals surface area (Å²) in [6.07, 6.45) is 2.91. The SMILES string of the molecule is N#Cc1ccc(OC(=O)Nc2ccc(N3CCSCC3)cc2N2CCCCC2)o1.